The van der Waals surface area contributed by atoms with Crippen LogP contribution in [0, 0.1) is 0 Å². The summed E-state index contributed by atoms with van der Waals surface area (Å²) in [6, 6.07) is 19.3. The van der Waals surface area contributed by atoms with Gasteiger partial charge in [-0.15, -0.1) is 0 Å². The van der Waals surface area contributed by atoms with Crippen LogP contribution in [0.1, 0.15) is 91.0 Å². The molecule has 0 saturated carbocycles. The molecule has 0 radical (unpaired) electrons. The topological polar surface area (TPSA) is 34.1 Å². The van der Waals surface area contributed by atoms with Gasteiger partial charge in [0.25, 0.3) is 0 Å². The Bertz CT molecular complexity index is 1020. The molecule has 4 heteroatoms. The normalized spacial score (nSPS) is 13.2. The van der Waals surface area contributed by atoms with Gasteiger partial charge in [-0.1, -0.05) is 0 Å². The zero-order chi connectivity index (χ0) is 26.3. The summed E-state index contributed by atoms with van der Waals surface area (Å²) >= 11 is -2.95. The number of sulfone groups is 1. The van der Waals surface area contributed by atoms with E-state index < -0.39 is 28.2 Å². The van der Waals surface area contributed by atoms with Crippen molar-refractivity contribution in [2.75, 3.05) is 0 Å². The SMILES string of the molecule is CCCC/C=[C](\C(=C\S(=O)(=O)c1ccccc1)c1ccccc1)[Sn]([CH2]CCC)([CH2]CCC)[CH2]CCC. The Morgan fingerprint density at radius 1 is 0.694 bits per heavy atom. The number of rotatable bonds is 17. The fourth-order valence-corrected chi connectivity index (χ4v) is 23.8. The molecule has 0 aromatic heterocycles. The summed E-state index contributed by atoms with van der Waals surface area (Å²) in [6.45, 7) is 9.13. The molecular weight excluding hydrogens is 567 g/mol. The van der Waals surface area contributed by atoms with E-state index in [9.17, 15) is 8.42 Å². The fourth-order valence-electron chi connectivity index (χ4n) is 5.13. The third-order valence-electron chi connectivity index (χ3n) is 7.22. The van der Waals surface area contributed by atoms with Gasteiger partial charge in [0.2, 0.25) is 0 Å². The molecule has 0 N–H and O–H groups in total. The molecule has 0 unspecified atom stereocenters. The minimum atomic E-state index is -3.57. The van der Waals surface area contributed by atoms with Gasteiger partial charge in [0.1, 0.15) is 0 Å². The Morgan fingerprint density at radius 3 is 1.64 bits per heavy atom. The first-order chi connectivity index (χ1) is 17.4. The fraction of sp³-hybridized carbons (Fsp3) is 0.500. The Hall–Kier alpha value is -1.33. The third kappa shape index (κ3) is 9.20. The van der Waals surface area contributed by atoms with E-state index >= 15 is 0 Å². The molecule has 2 rings (SSSR count). The molecule has 0 saturated heterocycles. The molecule has 0 aliphatic carbocycles. The predicted octanol–water partition coefficient (Wildman–Crippen LogP) is 10.0. The number of benzene rings is 2. The van der Waals surface area contributed by atoms with Crippen LogP contribution in [0.3, 0.4) is 0 Å². The molecule has 0 spiro atoms. The van der Waals surface area contributed by atoms with Gasteiger partial charge >= 0.3 is 227 Å². The molecule has 198 valence electrons. The number of allylic oxidation sites excluding steroid dienone is 3. The summed E-state index contributed by atoms with van der Waals surface area (Å²) in [5.74, 6) is 0. The number of unbranched alkanes of at least 4 members (excludes halogenated alkanes) is 5. The quantitative estimate of drug-likeness (QED) is 0.101. The molecular formula is C32H48O2SSn. The van der Waals surface area contributed by atoms with Crippen molar-refractivity contribution in [1.82, 2.24) is 0 Å². The molecule has 2 aromatic rings. The first kappa shape index (κ1) is 30.9. The van der Waals surface area contributed by atoms with E-state index in [1.807, 2.05) is 36.4 Å². The second-order valence-corrected chi connectivity index (χ2v) is 25.0. The third-order valence-corrected chi connectivity index (χ3v) is 24.5. The van der Waals surface area contributed by atoms with Crippen LogP contribution in [0.25, 0.3) is 5.57 Å². The summed E-state index contributed by atoms with van der Waals surface area (Å²) in [5.41, 5.74) is 2.03. The van der Waals surface area contributed by atoms with Gasteiger partial charge < -0.3 is 0 Å². The minimum absolute atomic E-state index is 0.378. The van der Waals surface area contributed by atoms with Gasteiger partial charge in [-0.05, 0) is 0 Å². The molecule has 2 aromatic carbocycles. The van der Waals surface area contributed by atoms with Crippen molar-refractivity contribution in [3.05, 3.63) is 81.3 Å². The van der Waals surface area contributed by atoms with E-state index in [0.29, 0.717) is 4.90 Å². The monoisotopic (exact) mass is 616 g/mol. The van der Waals surface area contributed by atoms with Crippen molar-refractivity contribution in [2.45, 2.75) is 104 Å². The van der Waals surface area contributed by atoms with Crippen LogP contribution in [-0.4, -0.2) is 26.8 Å². The zero-order valence-electron chi connectivity index (χ0n) is 23.1. The summed E-state index contributed by atoms with van der Waals surface area (Å²) in [5, 5.41) is 1.63. The molecule has 0 heterocycles. The van der Waals surface area contributed by atoms with Crippen LogP contribution in [0.4, 0.5) is 0 Å². The first-order valence-electron chi connectivity index (χ1n) is 14.2. The van der Waals surface area contributed by atoms with Crippen LogP contribution in [0.2, 0.25) is 13.3 Å². The summed E-state index contributed by atoms with van der Waals surface area (Å²) < 4.78 is 32.9. The molecule has 0 atom stereocenters. The van der Waals surface area contributed by atoms with Crippen LogP contribution in [0.15, 0.2) is 80.6 Å². The van der Waals surface area contributed by atoms with E-state index in [0.717, 1.165) is 30.4 Å². The van der Waals surface area contributed by atoms with Gasteiger partial charge in [0.15, 0.2) is 0 Å². The van der Waals surface area contributed by atoms with Crippen LogP contribution in [-0.2, 0) is 9.84 Å². The molecule has 0 aliphatic heterocycles. The van der Waals surface area contributed by atoms with Crippen molar-refractivity contribution in [3.8, 4) is 0 Å². The standard InChI is InChI=1S/C20H21O2S.3C4H9.Sn/c1-2-3-4-7-14-19(18-12-8-5-9-13-18)17-23(21,22)20-15-10-6-11-16-20;3*1-3-4-2;/h5-13,15-17H,2-4H2,1H3;3*1,3-4H2,2H3;/b14-7?,19-17-;;;;. The van der Waals surface area contributed by atoms with E-state index in [1.54, 1.807) is 17.5 Å². The average Bonchev–Trinajstić information content (AvgIpc) is 2.91. The van der Waals surface area contributed by atoms with Crippen molar-refractivity contribution < 1.29 is 8.42 Å². The maximum atomic E-state index is 13.7. The van der Waals surface area contributed by atoms with Crippen molar-refractivity contribution in [1.29, 1.82) is 0 Å². The van der Waals surface area contributed by atoms with Crippen LogP contribution >= 0.6 is 0 Å². The van der Waals surface area contributed by atoms with E-state index in [2.05, 4.69) is 45.9 Å². The van der Waals surface area contributed by atoms with Gasteiger partial charge in [0, 0.05) is 0 Å². The first-order valence-corrected chi connectivity index (χ1v) is 23.2. The van der Waals surface area contributed by atoms with E-state index in [-0.39, 0.29) is 0 Å². The number of hydrogen-bond donors (Lipinski definition) is 0. The van der Waals surface area contributed by atoms with Crippen molar-refractivity contribution in [3.63, 3.8) is 0 Å². The molecule has 0 bridgehead atoms. The molecule has 0 fully saturated rings. The Balaban J connectivity index is 2.83. The predicted molar refractivity (Wildman–Crippen MR) is 161 cm³/mol. The zero-order valence-corrected chi connectivity index (χ0v) is 26.8. The second kappa shape index (κ2) is 16.5. The number of hydrogen-bond acceptors (Lipinski definition) is 2. The van der Waals surface area contributed by atoms with Crippen LogP contribution in [0.5, 0.6) is 0 Å². The van der Waals surface area contributed by atoms with Crippen LogP contribution < -0.4 is 0 Å². The van der Waals surface area contributed by atoms with Gasteiger partial charge in [-0.2, -0.15) is 0 Å². The van der Waals surface area contributed by atoms with Gasteiger partial charge in [-0.25, -0.2) is 0 Å². The van der Waals surface area contributed by atoms with E-state index in [1.165, 1.54) is 55.4 Å². The molecule has 0 aliphatic rings. The average molecular weight is 616 g/mol. The van der Waals surface area contributed by atoms with Gasteiger partial charge in [0.05, 0.1) is 0 Å². The van der Waals surface area contributed by atoms with Crippen molar-refractivity contribution >= 4 is 33.8 Å². The van der Waals surface area contributed by atoms with Crippen molar-refractivity contribution in [2.24, 2.45) is 0 Å². The maximum absolute atomic E-state index is 13.7. The van der Waals surface area contributed by atoms with E-state index in [4.69, 9.17) is 0 Å². The molecule has 2 nitrogen and oxygen atoms in total. The summed E-state index contributed by atoms with van der Waals surface area (Å²) in [4.78, 5) is 0.378. The second-order valence-electron chi connectivity index (χ2n) is 10.1. The Morgan fingerprint density at radius 2 is 1.17 bits per heavy atom. The molecule has 36 heavy (non-hydrogen) atoms. The Labute approximate surface area is 226 Å². The Kier molecular flexibility index (Phi) is 14.2. The summed E-state index contributed by atoms with van der Waals surface area (Å²) in [6.07, 6.45) is 13.2. The van der Waals surface area contributed by atoms with Gasteiger partial charge in [-0.3, -0.25) is 0 Å². The summed E-state index contributed by atoms with van der Waals surface area (Å²) in [7, 11) is -3.57. The molecule has 0 amide bonds.